The molecule has 2 aliphatic rings. The first-order valence-corrected chi connectivity index (χ1v) is 9.74. The van der Waals surface area contributed by atoms with Gasteiger partial charge in [0.2, 0.25) is 5.95 Å². The number of hydrogen-bond acceptors (Lipinski definition) is 5. The number of nitrogens with zero attached hydrogens (tertiary/aromatic N) is 3. The Morgan fingerprint density at radius 3 is 2.73 bits per heavy atom. The van der Waals surface area contributed by atoms with Crippen LogP contribution in [0.3, 0.4) is 0 Å². The molecule has 6 heteroatoms. The van der Waals surface area contributed by atoms with E-state index in [1.807, 2.05) is 13.0 Å². The average Bonchev–Trinajstić information content (AvgIpc) is 2.78. The molecule has 2 fully saturated rings. The standard InChI is InChI=1S/C20H25ClN4O/c1-13-10-19(24-20(22)23-13)25-8-3-9-26-12-18(25)16-7-6-15(11-17(16)21)14-4-2-5-14/h6-7,10-11,14,18H,2-5,8-9,12H2,1H3,(H2,22,23,24). The predicted octanol–water partition coefficient (Wildman–Crippen LogP) is 4.26. The molecule has 2 heterocycles. The Hall–Kier alpha value is -1.85. The number of ether oxygens (including phenoxy) is 1. The maximum atomic E-state index is 6.72. The lowest BCUT2D eigenvalue weighted by Crippen LogP contribution is -2.32. The van der Waals surface area contributed by atoms with Gasteiger partial charge >= 0.3 is 0 Å². The summed E-state index contributed by atoms with van der Waals surface area (Å²) in [5, 5.41) is 0.814. The highest BCUT2D eigenvalue weighted by Gasteiger charge is 2.28. The Bertz CT molecular complexity index is 773. The van der Waals surface area contributed by atoms with E-state index >= 15 is 0 Å². The van der Waals surface area contributed by atoms with Gasteiger partial charge < -0.3 is 15.4 Å². The lowest BCUT2D eigenvalue weighted by Gasteiger charge is -2.32. The molecular weight excluding hydrogens is 348 g/mol. The Labute approximate surface area is 159 Å². The monoisotopic (exact) mass is 372 g/mol. The highest BCUT2D eigenvalue weighted by Crippen LogP contribution is 2.40. The molecule has 0 amide bonds. The van der Waals surface area contributed by atoms with E-state index in [4.69, 9.17) is 22.1 Å². The van der Waals surface area contributed by atoms with Crippen LogP contribution in [0.25, 0.3) is 0 Å². The number of rotatable bonds is 3. The van der Waals surface area contributed by atoms with E-state index in [9.17, 15) is 0 Å². The quantitative estimate of drug-likeness (QED) is 0.872. The molecule has 1 atom stereocenters. The third-order valence-corrected chi connectivity index (χ3v) is 5.78. The molecule has 1 saturated carbocycles. The van der Waals surface area contributed by atoms with Crippen LogP contribution in [0.15, 0.2) is 24.3 Å². The van der Waals surface area contributed by atoms with Crippen molar-refractivity contribution in [1.29, 1.82) is 0 Å². The Balaban J connectivity index is 1.69. The van der Waals surface area contributed by atoms with Crippen LogP contribution in [0.1, 0.15) is 54.5 Å². The fourth-order valence-corrected chi connectivity index (χ4v) is 4.16. The molecule has 1 unspecified atom stereocenters. The number of nitrogens with two attached hydrogens (primary N) is 1. The Kier molecular flexibility index (Phi) is 5.00. The molecule has 0 bridgehead atoms. The molecule has 0 radical (unpaired) electrons. The minimum absolute atomic E-state index is 0.0224. The molecule has 2 N–H and O–H groups in total. The smallest absolute Gasteiger partial charge is 0.222 e. The molecule has 1 aromatic heterocycles. The topological polar surface area (TPSA) is 64.3 Å². The van der Waals surface area contributed by atoms with E-state index in [1.54, 1.807) is 0 Å². The van der Waals surface area contributed by atoms with Crippen molar-refractivity contribution in [1.82, 2.24) is 9.97 Å². The van der Waals surface area contributed by atoms with Crippen LogP contribution in [-0.2, 0) is 4.74 Å². The first-order valence-electron chi connectivity index (χ1n) is 9.36. The van der Waals surface area contributed by atoms with Crippen molar-refractivity contribution in [2.45, 2.75) is 44.6 Å². The largest absolute Gasteiger partial charge is 0.379 e. The molecule has 4 rings (SSSR count). The van der Waals surface area contributed by atoms with Gasteiger partial charge in [-0.05, 0) is 49.3 Å². The highest BCUT2D eigenvalue weighted by atomic mass is 35.5. The summed E-state index contributed by atoms with van der Waals surface area (Å²) in [5.41, 5.74) is 9.20. The fourth-order valence-electron chi connectivity index (χ4n) is 3.84. The number of aromatic nitrogens is 2. The fraction of sp³-hybridized carbons (Fsp3) is 0.500. The summed E-state index contributed by atoms with van der Waals surface area (Å²) in [6.07, 6.45) is 4.81. The van der Waals surface area contributed by atoms with Crippen molar-refractivity contribution in [2.75, 3.05) is 30.4 Å². The zero-order chi connectivity index (χ0) is 18.1. The van der Waals surface area contributed by atoms with Gasteiger partial charge in [-0.25, -0.2) is 4.98 Å². The van der Waals surface area contributed by atoms with Crippen LogP contribution >= 0.6 is 11.6 Å². The Morgan fingerprint density at radius 2 is 2.04 bits per heavy atom. The van der Waals surface area contributed by atoms with Gasteiger partial charge in [0.1, 0.15) is 5.82 Å². The van der Waals surface area contributed by atoms with Crippen LogP contribution in [0.2, 0.25) is 5.02 Å². The van der Waals surface area contributed by atoms with Crippen molar-refractivity contribution in [2.24, 2.45) is 0 Å². The normalized spacial score (nSPS) is 21.3. The van der Waals surface area contributed by atoms with E-state index in [2.05, 4.69) is 33.1 Å². The van der Waals surface area contributed by atoms with Crippen molar-refractivity contribution in [3.05, 3.63) is 46.1 Å². The first-order chi connectivity index (χ1) is 12.6. The summed E-state index contributed by atoms with van der Waals surface area (Å²) in [7, 11) is 0. The number of benzene rings is 1. The summed E-state index contributed by atoms with van der Waals surface area (Å²) >= 11 is 6.72. The van der Waals surface area contributed by atoms with E-state index < -0.39 is 0 Å². The van der Waals surface area contributed by atoms with Crippen molar-refractivity contribution in [3.63, 3.8) is 0 Å². The van der Waals surface area contributed by atoms with Crippen molar-refractivity contribution < 1.29 is 4.74 Å². The van der Waals surface area contributed by atoms with E-state index in [1.165, 1.54) is 24.8 Å². The van der Waals surface area contributed by atoms with Gasteiger partial charge in [0.15, 0.2) is 0 Å². The van der Waals surface area contributed by atoms with Gasteiger partial charge in [-0.3, -0.25) is 0 Å². The maximum Gasteiger partial charge on any atom is 0.222 e. The summed E-state index contributed by atoms with van der Waals surface area (Å²) < 4.78 is 5.86. The lowest BCUT2D eigenvalue weighted by molar-refractivity contribution is 0.134. The number of anilines is 2. The molecule has 5 nitrogen and oxygen atoms in total. The second kappa shape index (κ2) is 7.41. The van der Waals surface area contributed by atoms with E-state index in [-0.39, 0.29) is 6.04 Å². The predicted molar refractivity (Wildman–Crippen MR) is 105 cm³/mol. The van der Waals surface area contributed by atoms with Crippen LogP contribution in [0, 0.1) is 6.92 Å². The van der Waals surface area contributed by atoms with Crippen LogP contribution < -0.4 is 10.6 Å². The molecule has 1 aliphatic heterocycles. The number of hydrogen-bond donors (Lipinski definition) is 1. The third-order valence-electron chi connectivity index (χ3n) is 5.45. The van der Waals surface area contributed by atoms with Gasteiger partial charge in [0, 0.05) is 29.9 Å². The average molecular weight is 373 g/mol. The summed E-state index contributed by atoms with van der Waals surface area (Å²) in [6, 6.07) is 8.54. The van der Waals surface area contributed by atoms with Crippen LogP contribution in [0.5, 0.6) is 0 Å². The molecular formula is C20H25ClN4O. The summed E-state index contributed by atoms with van der Waals surface area (Å²) in [5.74, 6) is 1.81. The van der Waals surface area contributed by atoms with Crippen LogP contribution in [0.4, 0.5) is 11.8 Å². The number of aryl methyl sites for hydroxylation is 1. The summed E-state index contributed by atoms with van der Waals surface area (Å²) in [4.78, 5) is 10.9. The van der Waals surface area contributed by atoms with Gasteiger partial charge in [-0.15, -0.1) is 0 Å². The summed E-state index contributed by atoms with van der Waals surface area (Å²) in [6.45, 7) is 4.11. The minimum Gasteiger partial charge on any atom is -0.379 e. The molecule has 2 aromatic rings. The van der Waals surface area contributed by atoms with Gasteiger partial charge in [0.05, 0.1) is 12.6 Å². The zero-order valence-electron chi connectivity index (χ0n) is 15.1. The van der Waals surface area contributed by atoms with Gasteiger partial charge in [0.25, 0.3) is 0 Å². The second-order valence-electron chi connectivity index (χ2n) is 7.27. The number of halogens is 1. The SMILES string of the molecule is Cc1cc(N2CCCOCC2c2ccc(C3CCC3)cc2Cl)nc(N)n1. The van der Waals surface area contributed by atoms with Gasteiger partial charge in [-0.2, -0.15) is 4.98 Å². The third kappa shape index (κ3) is 3.51. The molecule has 1 aliphatic carbocycles. The van der Waals surface area contributed by atoms with E-state index in [0.717, 1.165) is 41.7 Å². The zero-order valence-corrected chi connectivity index (χ0v) is 15.9. The number of nitrogen functional groups attached to an aromatic ring is 1. The molecule has 1 saturated heterocycles. The second-order valence-corrected chi connectivity index (χ2v) is 7.68. The van der Waals surface area contributed by atoms with Crippen molar-refractivity contribution >= 4 is 23.4 Å². The first kappa shape index (κ1) is 17.6. The molecule has 138 valence electrons. The highest BCUT2D eigenvalue weighted by molar-refractivity contribution is 6.31. The Morgan fingerprint density at radius 1 is 1.19 bits per heavy atom. The minimum atomic E-state index is 0.0224. The van der Waals surface area contributed by atoms with Gasteiger partial charge in [-0.1, -0.05) is 30.2 Å². The van der Waals surface area contributed by atoms with E-state index in [0.29, 0.717) is 18.5 Å². The van der Waals surface area contributed by atoms with Crippen LogP contribution in [-0.4, -0.2) is 29.7 Å². The lowest BCUT2D eigenvalue weighted by atomic mass is 9.80. The maximum absolute atomic E-state index is 6.72. The molecule has 1 aromatic carbocycles. The molecule has 26 heavy (non-hydrogen) atoms. The molecule has 0 spiro atoms. The van der Waals surface area contributed by atoms with Crippen molar-refractivity contribution in [3.8, 4) is 0 Å².